The van der Waals surface area contributed by atoms with Gasteiger partial charge in [0, 0.05) is 20.2 Å². The maximum Gasteiger partial charge on any atom is 0.0355 e. The van der Waals surface area contributed by atoms with Crippen molar-refractivity contribution in [3.63, 3.8) is 0 Å². The van der Waals surface area contributed by atoms with Crippen LogP contribution in [0.25, 0.3) is 52.8 Å². The molecule has 35 heavy (non-hydrogen) atoms. The van der Waals surface area contributed by atoms with Crippen molar-refractivity contribution in [1.82, 2.24) is 0 Å². The second-order valence-electron chi connectivity index (χ2n) is 11.9. The van der Waals surface area contributed by atoms with Crippen LogP contribution >= 0.6 is 11.3 Å². The molecule has 0 bridgehead atoms. The van der Waals surface area contributed by atoms with Crippen molar-refractivity contribution in [2.24, 2.45) is 0 Å². The lowest BCUT2D eigenvalue weighted by Gasteiger charge is -2.23. The molecule has 1 aromatic heterocycles. The molecule has 0 radical (unpaired) electrons. The van der Waals surface area contributed by atoms with Gasteiger partial charge in [-0.05, 0) is 91.0 Å². The monoisotopic (exact) mass is 472 g/mol. The number of hydrogen-bond acceptors (Lipinski definition) is 1. The summed E-state index contributed by atoms with van der Waals surface area (Å²) >= 11 is 1.89. The maximum atomic E-state index is 2.41. The van der Waals surface area contributed by atoms with E-state index >= 15 is 0 Å². The van der Waals surface area contributed by atoms with Crippen molar-refractivity contribution >= 4 is 53.1 Å². The van der Waals surface area contributed by atoms with E-state index in [1.807, 2.05) is 11.3 Å². The zero-order valence-corrected chi connectivity index (χ0v) is 22.3. The quantitative estimate of drug-likeness (QED) is 0.209. The van der Waals surface area contributed by atoms with Gasteiger partial charge < -0.3 is 0 Å². The molecular weight excluding hydrogens is 440 g/mol. The van der Waals surface area contributed by atoms with Gasteiger partial charge >= 0.3 is 0 Å². The van der Waals surface area contributed by atoms with Crippen molar-refractivity contribution in [2.75, 3.05) is 0 Å². The highest BCUT2D eigenvalue weighted by atomic mass is 32.1. The Morgan fingerprint density at radius 2 is 1.11 bits per heavy atom. The van der Waals surface area contributed by atoms with Crippen LogP contribution < -0.4 is 0 Å². The second-order valence-corrected chi connectivity index (χ2v) is 13.0. The van der Waals surface area contributed by atoms with Crippen molar-refractivity contribution in [2.45, 2.75) is 52.4 Å². The van der Waals surface area contributed by atoms with Crippen LogP contribution in [0, 0.1) is 0 Å². The number of fused-ring (bicyclic) bond motifs is 6. The van der Waals surface area contributed by atoms with Crippen molar-refractivity contribution in [3.05, 3.63) is 96.1 Å². The molecule has 0 saturated heterocycles. The smallest absolute Gasteiger partial charge is 0.0355 e. The van der Waals surface area contributed by atoms with Crippen molar-refractivity contribution in [1.29, 1.82) is 0 Å². The minimum absolute atomic E-state index is 0.0864. The molecule has 0 N–H and O–H groups in total. The first kappa shape index (κ1) is 22.3. The van der Waals surface area contributed by atoms with Gasteiger partial charge in [-0.15, -0.1) is 11.3 Å². The maximum absolute atomic E-state index is 2.41. The fourth-order valence-corrected chi connectivity index (χ4v) is 6.40. The fourth-order valence-electron chi connectivity index (χ4n) is 5.34. The summed E-state index contributed by atoms with van der Waals surface area (Å²) in [6.45, 7) is 13.8. The molecule has 0 unspecified atom stereocenters. The Labute approximate surface area is 212 Å². The van der Waals surface area contributed by atoms with Gasteiger partial charge in [-0.25, -0.2) is 0 Å². The lowest BCUT2D eigenvalue weighted by Crippen LogP contribution is -2.11. The molecule has 0 saturated carbocycles. The lowest BCUT2D eigenvalue weighted by molar-refractivity contribution is 0.591. The average molecular weight is 473 g/mol. The van der Waals surface area contributed by atoms with E-state index in [0.29, 0.717) is 0 Å². The minimum Gasteiger partial charge on any atom is -0.135 e. The summed E-state index contributed by atoms with van der Waals surface area (Å²) in [7, 11) is 0. The Morgan fingerprint density at radius 3 is 1.83 bits per heavy atom. The van der Waals surface area contributed by atoms with Gasteiger partial charge in [-0.2, -0.15) is 0 Å². The normalized spacial score (nSPS) is 12.9. The topological polar surface area (TPSA) is 0 Å². The highest BCUT2D eigenvalue weighted by Crippen LogP contribution is 2.40. The third-order valence-electron chi connectivity index (χ3n) is 7.34. The van der Waals surface area contributed by atoms with Crippen LogP contribution in [-0.4, -0.2) is 0 Å². The molecule has 0 fully saturated rings. The van der Waals surface area contributed by atoms with E-state index in [4.69, 9.17) is 0 Å². The molecule has 1 heteroatoms. The molecule has 6 rings (SSSR count). The first-order valence-corrected chi connectivity index (χ1v) is 13.3. The predicted molar refractivity (Wildman–Crippen MR) is 157 cm³/mol. The third kappa shape index (κ3) is 3.74. The van der Waals surface area contributed by atoms with E-state index in [1.165, 1.54) is 64.0 Å². The molecule has 0 aliphatic rings. The first-order valence-electron chi connectivity index (χ1n) is 12.5. The van der Waals surface area contributed by atoms with E-state index in [-0.39, 0.29) is 10.8 Å². The summed E-state index contributed by atoms with van der Waals surface area (Å²) in [5, 5.41) is 8.09. The van der Waals surface area contributed by atoms with Crippen LogP contribution in [0.5, 0.6) is 0 Å². The molecule has 1 heterocycles. The molecule has 6 aromatic rings. The Bertz CT molecular complexity index is 1750. The molecule has 0 aliphatic heterocycles. The number of hydrogen-bond donors (Lipinski definition) is 0. The van der Waals surface area contributed by atoms with Gasteiger partial charge in [0.15, 0.2) is 0 Å². The molecule has 0 spiro atoms. The van der Waals surface area contributed by atoms with Crippen molar-refractivity contribution < 1.29 is 0 Å². The van der Waals surface area contributed by atoms with E-state index in [0.717, 1.165) is 0 Å². The van der Waals surface area contributed by atoms with Crippen molar-refractivity contribution in [3.8, 4) is 11.1 Å². The zero-order valence-electron chi connectivity index (χ0n) is 21.5. The molecule has 0 aliphatic carbocycles. The molecule has 0 amide bonds. The number of rotatable bonds is 1. The lowest BCUT2D eigenvalue weighted by atomic mass is 9.81. The van der Waals surface area contributed by atoms with Gasteiger partial charge in [0.2, 0.25) is 0 Å². The largest absolute Gasteiger partial charge is 0.135 e. The van der Waals surface area contributed by atoms with Crippen LogP contribution in [-0.2, 0) is 10.8 Å². The Morgan fingerprint density at radius 1 is 0.486 bits per heavy atom. The van der Waals surface area contributed by atoms with Crippen LogP contribution in [0.1, 0.15) is 52.7 Å². The summed E-state index contributed by atoms with van der Waals surface area (Å²) in [5.74, 6) is 0. The summed E-state index contributed by atoms with van der Waals surface area (Å²) in [6.07, 6.45) is 0. The highest BCUT2D eigenvalue weighted by Gasteiger charge is 2.19. The van der Waals surface area contributed by atoms with Gasteiger partial charge in [0.25, 0.3) is 0 Å². The number of benzene rings is 5. The second kappa shape index (κ2) is 7.67. The Balaban J connectivity index is 1.56. The zero-order chi connectivity index (χ0) is 24.5. The highest BCUT2D eigenvalue weighted by molar-refractivity contribution is 7.25. The van der Waals surface area contributed by atoms with Gasteiger partial charge in [0.05, 0.1) is 0 Å². The van der Waals surface area contributed by atoms with E-state index in [1.54, 1.807) is 0 Å². The third-order valence-corrected chi connectivity index (χ3v) is 8.49. The van der Waals surface area contributed by atoms with Crippen LogP contribution in [0.15, 0.2) is 84.9 Å². The molecular formula is C34H32S. The van der Waals surface area contributed by atoms with Gasteiger partial charge in [-0.3, -0.25) is 0 Å². The average Bonchev–Trinajstić information content (AvgIpc) is 3.19. The predicted octanol–water partition coefficient (Wildman–Crippen LogP) is 10.6. The van der Waals surface area contributed by atoms with Gasteiger partial charge in [-0.1, -0.05) is 90.1 Å². The van der Waals surface area contributed by atoms with Crippen LogP contribution in [0.3, 0.4) is 0 Å². The fraction of sp³-hybridized carbons (Fsp3) is 0.235. The summed E-state index contributed by atoms with van der Waals surface area (Å²) < 4.78 is 2.72. The summed E-state index contributed by atoms with van der Waals surface area (Å²) in [4.78, 5) is 0. The van der Waals surface area contributed by atoms with Crippen LogP contribution in [0.2, 0.25) is 0 Å². The van der Waals surface area contributed by atoms with Gasteiger partial charge in [0.1, 0.15) is 0 Å². The van der Waals surface area contributed by atoms with E-state index in [2.05, 4.69) is 126 Å². The Kier molecular flexibility index (Phi) is 4.89. The number of thiophene rings is 1. The molecule has 0 nitrogen and oxygen atoms in total. The standard InChI is InChI=1S/C34H32S/c1-33(2,3)24-13-16-32-29(20-24)28-18-22(12-15-31(28)35-32)21-11-14-25-23(17-21)19-30(34(4,5)6)27-10-8-7-9-26(25)27/h7-20H,1-6H3. The van der Waals surface area contributed by atoms with E-state index < -0.39 is 0 Å². The minimum atomic E-state index is 0.0864. The van der Waals surface area contributed by atoms with Crippen LogP contribution in [0.4, 0.5) is 0 Å². The molecule has 174 valence electrons. The molecule has 5 aromatic carbocycles. The summed E-state index contributed by atoms with van der Waals surface area (Å²) in [6, 6.07) is 32.2. The first-order chi connectivity index (χ1) is 16.6. The summed E-state index contributed by atoms with van der Waals surface area (Å²) in [5.41, 5.74) is 5.59. The molecule has 0 atom stereocenters. The Hall–Kier alpha value is -3.16. The van der Waals surface area contributed by atoms with E-state index in [9.17, 15) is 0 Å². The SMILES string of the molecule is CC(C)(C)c1ccc2sc3ccc(-c4ccc5c(c4)cc(C(C)(C)C)c4ccccc45)cc3c2c1.